The first-order valence-electron chi connectivity index (χ1n) is 6.78. The zero-order valence-electron chi connectivity index (χ0n) is 12.0. The van der Waals surface area contributed by atoms with Crippen molar-refractivity contribution in [2.45, 2.75) is 38.6 Å². The number of carbonyl (C=O) groups is 1. The Kier molecular flexibility index (Phi) is 3.80. The van der Waals surface area contributed by atoms with Crippen LogP contribution in [0.3, 0.4) is 0 Å². The van der Waals surface area contributed by atoms with Gasteiger partial charge in [0.1, 0.15) is 0 Å². The van der Waals surface area contributed by atoms with Crippen LogP contribution in [-0.2, 0) is 11.2 Å². The predicted molar refractivity (Wildman–Crippen MR) is 79.5 cm³/mol. The van der Waals surface area contributed by atoms with Crippen molar-refractivity contribution in [1.82, 2.24) is 0 Å². The van der Waals surface area contributed by atoms with Crippen molar-refractivity contribution in [2.24, 2.45) is 5.73 Å². The molecule has 0 spiro atoms. The van der Waals surface area contributed by atoms with Crippen molar-refractivity contribution in [3.05, 3.63) is 23.8 Å². The molecule has 1 aliphatic heterocycles. The van der Waals surface area contributed by atoms with E-state index < -0.39 is 5.54 Å². The molecule has 0 saturated carbocycles. The van der Waals surface area contributed by atoms with E-state index in [4.69, 9.17) is 5.73 Å². The monoisotopic (exact) mass is 261 g/mol. The minimum Gasteiger partial charge on any atom is -0.374 e. The van der Waals surface area contributed by atoms with Gasteiger partial charge >= 0.3 is 0 Å². The lowest BCUT2D eigenvalue weighted by Crippen LogP contribution is -2.36. The number of amides is 1. The van der Waals surface area contributed by atoms with Gasteiger partial charge in [-0.2, -0.15) is 0 Å². The third-order valence-corrected chi connectivity index (χ3v) is 3.33. The number of aryl methyl sites for hydroxylation is 1. The number of anilines is 2. The number of rotatable bonds is 3. The first-order chi connectivity index (χ1) is 8.85. The molecule has 104 valence electrons. The fourth-order valence-electron chi connectivity index (χ4n) is 2.48. The summed E-state index contributed by atoms with van der Waals surface area (Å²) in [5.41, 5.74) is 8.81. The molecule has 19 heavy (non-hydrogen) atoms. The minimum absolute atomic E-state index is 0.0309. The third-order valence-electron chi connectivity index (χ3n) is 3.33. The quantitative estimate of drug-likeness (QED) is 0.876. The summed E-state index contributed by atoms with van der Waals surface area (Å²) in [6, 6.07) is 6.12. The molecule has 3 N–H and O–H groups in total. The highest BCUT2D eigenvalue weighted by Gasteiger charge is 2.18. The molecule has 2 rings (SSSR count). The number of nitrogens with zero attached hydrogens (tertiary/aromatic N) is 1. The maximum absolute atomic E-state index is 11.9. The van der Waals surface area contributed by atoms with Crippen molar-refractivity contribution in [3.63, 3.8) is 0 Å². The molecule has 4 nitrogen and oxygen atoms in total. The van der Waals surface area contributed by atoms with E-state index in [-0.39, 0.29) is 5.91 Å². The lowest BCUT2D eigenvalue weighted by molar-refractivity contribution is -0.117. The number of hydrogen-bond donors (Lipinski definition) is 2. The summed E-state index contributed by atoms with van der Waals surface area (Å²) in [7, 11) is 2.10. The van der Waals surface area contributed by atoms with Gasteiger partial charge < -0.3 is 16.0 Å². The summed E-state index contributed by atoms with van der Waals surface area (Å²) in [5, 5.41) is 2.93. The number of carbonyl (C=O) groups excluding carboxylic acids is 1. The highest BCUT2D eigenvalue weighted by Crippen LogP contribution is 2.28. The maximum atomic E-state index is 11.9. The number of benzene rings is 1. The molecule has 1 aromatic rings. The molecule has 0 unspecified atom stereocenters. The molecule has 0 aromatic heterocycles. The molecule has 0 aliphatic carbocycles. The van der Waals surface area contributed by atoms with Crippen LogP contribution in [-0.4, -0.2) is 25.0 Å². The van der Waals surface area contributed by atoms with E-state index in [1.807, 2.05) is 19.9 Å². The van der Waals surface area contributed by atoms with E-state index in [1.165, 1.54) is 11.3 Å². The van der Waals surface area contributed by atoms with Gasteiger partial charge in [-0.25, -0.2) is 0 Å². The number of fused-ring (bicyclic) bond motifs is 1. The highest BCUT2D eigenvalue weighted by atomic mass is 16.1. The van der Waals surface area contributed by atoms with Gasteiger partial charge in [0.05, 0.1) is 0 Å². The van der Waals surface area contributed by atoms with E-state index in [0.717, 1.165) is 25.1 Å². The van der Waals surface area contributed by atoms with Crippen LogP contribution in [0.1, 0.15) is 32.3 Å². The Morgan fingerprint density at radius 3 is 2.89 bits per heavy atom. The molecule has 1 aromatic carbocycles. The lowest BCUT2D eigenvalue weighted by Gasteiger charge is -2.28. The Morgan fingerprint density at radius 1 is 1.47 bits per heavy atom. The topological polar surface area (TPSA) is 58.4 Å². The molecule has 1 aliphatic rings. The van der Waals surface area contributed by atoms with Gasteiger partial charge in [-0.15, -0.1) is 0 Å². The van der Waals surface area contributed by atoms with E-state index in [0.29, 0.717) is 6.42 Å². The molecule has 4 heteroatoms. The first kappa shape index (κ1) is 13.9. The fourth-order valence-corrected chi connectivity index (χ4v) is 2.48. The molecule has 0 bridgehead atoms. The Hall–Kier alpha value is -1.55. The van der Waals surface area contributed by atoms with Crippen LogP contribution in [0.4, 0.5) is 11.4 Å². The zero-order chi connectivity index (χ0) is 14.0. The molecule has 0 fully saturated rings. The second kappa shape index (κ2) is 5.21. The summed E-state index contributed by atoms with van der Waals surface area (Å²) in [5.74, 6) is -0.0309. The summed E-state index contributed by atoms with van der Waals surface area (Å²) >= 11 is 0. The third kappa shape index (κ3) is 3.70. The number of nitrogens with two attached hydrogens (primary N) is 1. The van der Waals surface area contributed by atoms with E-state index in [9.17, 15) is 4.79 Å². The van der Waals surface area contributed by atoms with Crippen molar-refractivity contribution < 1.29 is 4.79 Å². The second-order valence-electron chi connectivity index (χ2n) is 6.08. The average molecular weight is 261 g/mol. The van der Waals surface area contributed by atoms with Gasteiger partial charge in [0.15, 0.2) is 0 Å². The molecular formula is C15H23N3O. The second-order valence-corrected chi connectivity index (χ2v) is 6.08. The number of hydrogen-bond acceptors (Lipinski definition) is 3. The molecule has 0 radical (unpaired) electrons. The Balaban J connectivity index is 2.08. The number of nitrogens with one attached hydrogen (secondary N) is 1. The van der Waals surface area contributed by atoms with Crippen LogP contribution in [0.15, 0.2) is 18.2 Å². The van der Waals surface area contributed by atoms with Gasteiger partial charge in [-0.1, -0.05) is 0 Å². The predicted octanol–water partition coefficient (Wildman–Crippen LogP) is 2.13. The van der Waals surface area contributed by atoms with Gasteiger partial charge in [-0.3, -0.25) is 4.79 Å². The Labute approximate surface area is 115 Å². The zero-order valence-corrected chi connectivity index (χ0v) is 12.0. The smallest absolute Gasteiger partial charge is 0.226 e. The van der Waals surface area contributed by atoms with E-state index in [1.54, 1.807) is 0 Å². The summed E-state index contributed by atoms with van der Waals surface area (Å²) in [6.07, 6.45) is 2.56. The molecule has 1 heterocycles. The average Bonchev–Trinajstić information content (AvgIpc) is 2.26. The van der Waals surface area contributed by atoms with Crippen LogP contribution >= 0.6 is 0 Å². The van der Waals surface area contributed by atoms with Crippen LogP contribution in [0.2, 0.25) is 0 Å². The molecule has 1 amide bonds. The minimum atomic E-state index is -0.474. The summed E-state index contributed by atoms with van der Waals surface area (Å²) in [6.45, 7) is 4.81. The maximum Gasteiger partial charge on any atom is 0.226 e. The summed E-state index contributed by atoms with van der Waals surface area (Å²) < 4.78 is 0. The van der Waals surface area contributed by atoms with E-state index in [2.05, 4.69) is 29.4 Å². The van der Waals surface area contributed by atoms with Crippen molar-refractivity contribution in [3.8, 4) is 0 Å². The standard InChI is InChI=1S/C15H23N3O/c1-15(2,16)10-14(19)17-12-6-7-13-11(9-12)5-4-8-18(13)3/h6-7,9H,4-5,8,10,16H2,1-3H3,(H,17,19). The SMILES string of the molecule is CN1CCCc2cc(NC(=O)CC(C)(C)N)ccc21. The Morgan fingerprint density at radius 2 is 2.21 bits per heavy atom. The van der Waals surface area contributed by atoms with Crippen LogP contribution in [0.5, 0.6) is 0 Å². The van der Waals surface area contributed by atoms with Gasteiger partial charge in [0.25, 0.3) is 0 Å². The van der Waals surface area contributed by atoms with Crippen LogP contribution < -0.4 is 16.0 Å². The first-order valence-corrected chi connectivity index (χ1v) is 6.78. The van der Waals surface area contributed by atoms with Crippen molar-refractivity contribution in [2.75, 3.05) is 23.8 Å². The van der Waals surface area contributed by atoms with Crippen LogP contribution in [0, 0.1) is 0 Å². The largest absolute Gasteiger partial charge is 0.374 e. The lowest BCUT2D eigenvalue weighted by atomic mass is 10.0. The summed E-state index contributed by atoms with van der Waals surface area (Å²) in [4.78, 5) is 14.1. The van der Waals surface area contributed by atoms with Gasteiger partial charge in [0.2, 0.25) is 5.91 Å². The van der Waals surface area contributed by atoms with Crippen molar-refractivity contribution >= 4 is 17.3 Å². The van der Waals surface area contributed by atoms with Gasteiger partial charge in [-0.05, 0) is 50.5 Å². The molecule has 0 atom stereocenters. The van der Waals surface area contributed by atoms with Crippen molar-refractivity contribution in [1.29, 1.82) is 0 Å². The fraction of sp³-hybridized carbons (Fsp3) is 0.533. The van der Waals surface area contributed by atoms with Gasteiger partial charge in [0, 0.05) is 36.9 Å². The van der Waals surface area contributed by atoms with Crippen LogP contribution in [0.25, 0.3) is 0 Å². The van der Waals surface area contributed by atoms with E-state index >= 15 is 0 Å². The molecular weight excluding hydrogens is 238 g/mol. The normalized spacial score (nSPS) is 15.1. The Bertz CT molecular complexity index is 477. The highest BCUT2D eigenvalue weighted by molar-refractivity contribution is 5.91. The molecule has 0 saturated heterocycles.